The van der Waals surface area contributed by atoms with E-state index in [2.05, 4.69) is 4.98 Å². The largest absolute Gasteiger partial charge is 0.494 e. The fourth-order valence-corrected chi connectivity index (χ4v) is 4.29. The highest BCUT2D eigenvalue weighted by atomic mass is 16.5. The number of fused-ring (bicyclic) bond motifs is 1. The molecule has 0 bridgehead atoms. The first kappa shape index (κ1) is 19.5. The lowest BCUT2D eigenvalue weighted by Crippen LogP contribution is -2.49. The van der Waals surface area contributed by atoms with Crippen molar-refractivity contribution in [1.82, 2.24) is 9.88 Å². The third-order valence-corrected chi connectivity index (χ3v) is 6.01. The predicted molar refractivity (Wildman–Crippen MR) is 114 cm³/mol. The van der Waals surface area contributed by atoms with E-state index in [-0.39, 0.29) is 17.9 Å². The molecule has 2 N–H and O–H groups in total. The van der Waals surface area contributed by atoms with Crippen LogP contribution in [0.5, 0.6) is 5.75 Å². The van der Waals surface area contributed by atoms with Gasteiger partial charge in [0.05, 0.1) is 19.6 Å². The van der Waals surface area contributed by atoms with E-state index in [0.717, 1.165) is 48.0 Å². The molecule has 2 aromatic carbocycles. The summed E-state index contributed by atoms with van der Waals surface area (Å²) in [5.74, 6) is 0.958. The van der Waals surface area contributed by atoms with Crippen molar-refractivity contribution in [2.24, 2.45) is 5.41 Å². The summed E-state index contributed by atoms with van der Waals surface area (Å²) in [6.07, 6.45) is 4.87. The molecular weight excluding hydrogens is 364 g/mol. The minimum atomic E-state index is -0.289. The molecule has 0 spiro atoms. The van der Waals surface area contributed by atoms with Gasteiger partial charge in [0.2, 0.25) is 5.91 Å². The van der Waals surface area contributed by atoms with Gasteiger partial charge in [0.25, 0.3) is 0 Å². The topological polar surface area (TPSA) is 65.6 Å². The van der Waals surface area contributed by atoms with Crippen LogP contribution >= 0.6 is 0 Å². The van der Waals surface area contributed by atoms with Crippen LogP contribution in [0.15, 0.2) is 60.8 Å². The molecule has 2 heterocycles. The average molecular weight is 392 g/mol. The molecule has 0 saturated carbocycles. The number of aliphatic hydroxyl groups excluding tert-OH is 1. The summed E-state index contributed by atoms with van der Waals surface area (Å²) in [6, 6.07) is 17.8. The maximum absolute atomic E-state index is 13.0. The van der Waals surface area contributed by atoms with E-state index >= 15 is 0 Å². The number of benzene rings is 2. The van der Waals surface area contributed by atoms with E-state index in [4.69, 9.17) is 4.74 Å². The second-order valence-corrected chi connectivity index (χ2v) is 8.02. The van der Waals surface area contributed by atoms with E-state index in [9.17, 15) is 9.90 Å². The molecule has 3 aromatic rings. The van der Waals surface area contributed by atoms with E-state index in [1.165, 1.54) is 0 Å². The van der Waals surface area contributed by atoms with Crippen LogP contribution in [0.2, 0.25) is 0 Å². The number of para-hydroxylation sites is 2. The summed E-state index contributed by atoms with van der Waals surface area (Å²) in [7, 11) is 0. The molecular formula is C24H28N2O3. The van der Waals surface area contributed by atoms with Gasteiger partial charge in [0.1, 0.15) is 5.75 Å². The van der Waals surface area contributed by atoms with Gasteiger partial charge in [-0.2, -0.15) is 0 Å². The Morgan fingerprint density at radius 3 is 2.76 bits per heavy atom. The van der Waals surface area contributed by atoms with Crippen LogP contribution in [-0.2, 0) is 11.2 Å². The van der Waals surface area contributed by atoms with Crippen molar-refractivity contribution in [3.8, 4) is 5.75 Å². The second-order valence-electron chi connectivity index (χ2n) is 8.02. The molecule has 4 rings (SSSR count). The number of carbonyl (C=O) groups excluding carboxylic acids is 1. The van der Waals surface area contributed by atoms with Crippen molar-refractivity contribution in [1.29, 1.82) is 0 Å². The van der Waals surface area contributed by atoms with E-state index < -0.39 is 0 Å². The molecule has 1 saturated heterocycles. The van der Waals surface area contributed by atoms with Crippen LogP contribution in [0.4, 0.5) is 0 Å². The smallest absolute Gasteiger partial charge is 0.227 e. The first-order valence-corrected chi connectivity index (χ1v) is 10.3. The Kier molecular flexibility index (Phi) is 5.86. The molecule has 1 amide bonds. The summed E-state index contributed by atoms with van der Waals surface area (Å²) >= 11 is 0. The Hall–Kier alpha value is -2.79. The maximum atomic E-state index is 13.0. The molecule has 5 nitrogen and oxygen atoms in total. The van der Waals surface area contributed by atoms with Gasteiger partial charge in [-0.15, -0.1) is 0 Å². The minimum Gasteiger partial charge on any atom is -0.494 e. The highest BCUT2D eigenvalue weighted by Crippen LogP contribution is 2.34. The predicted octanol–water partition coefficient (Wildman–Crippen LogP) is 3.78. The number of carbonyl (C=O) groups is 1. The van der Waals surface area contributed by atoms with Crippen molar-refractivity contribution in [2.45, 2.75) is 25.7 Å². The summed E-state index contributed by atoms with van der Waals surface area (Å²) in [5, 5.41) is 11.2. The fourth-order valence-electron chi connectivity index (χ4n) is 4.29. The van der Waals surface area contributed by atoms with Crippen LogP contribution in [0.1, 0.15) is 24.8 Å². The van der Waals surface area contributed by atoms with E-state index in [1.807, 2.05) is 65.7 Å². The SMILES string of the molecule is O=C(Cc1c[nH]c2ccccc12)N1CCC[C@](CO)(CCOc2ccccc2)C1. The highest BCUT2D eigenvalue weighted by Gasteiger charge is 2.36. The second kappa shape index (κ2) is 8.70. The number of nitrogens with zero attached hydrogens (tertiary/aromatic N) is 1. The monoisotopic (exact) mass is 392 g/mol. The maximum Gasteiger partial charge on any atom is 0.227 e. The normalized spacial score (nSPS) is 19.4. The summed E-state index contributed by atoms with van der Waals surface area (Å²) in [4.78, 5) is 18.2. The number of aromatic nitrogens is 1. The molecule has 0 aliphatic carbocycles. The van der Waals surface area contributed by atoms with Gasteiger partial charge < -0.3 is 19.7 Å². The first-order chi connectivity index (χ1) is 14.2. The third kappa shape index (κ3) is 4.46. The van der Waals surface area contributed by atoms with Crippen molar-refractivity contribution < 1.29 is 14.6 Å². The number of hydrogen-bond donors (Lipinski definition) is 2. The number of likely N-dealkylation sites (tertiary alicyclic amines) is 1. The van der Waals surface area contributed by atoms with Crippen molar-refractivity contribution in [3.05, 3.63) is 66.4 Å². The zero-order valence-corrected chi connectivity index (χ0v) is 16.6. The fraction of sp³-hybridized carbons (Fsp3) is 0.375. The number of rotatable bonds is 7. The summed E-state index contributed by atoms with van der Waals surface area (Å²) in [5.41, 5.74) is 1.79. The van der Waals surface area contributed by atoms with E-state index in [1.54, 1.807) is 0 Å². The number of nitrogens with one attached hydrogen (secondary N) is 1. The van der Waals surface area contributed by atoms with Gasteiger partial charge in [-0.1, -0.05) is 36.4 Å². The number of aliphatic hydroxyl groups is 1. The lowest BCUT2D eigenvalue weighted by molar-refractivity contribution is -0.135. The Balaban J connectivity index is 1.38. The highest BCUT2D eigenvalue weighted by molar-refractivity contribution is 5.88. The Labute approximate surface area is 171 Å². The number of ether oxygens (including phenoxy) is 1. The van der Waals surface area contributed by atoms with Gasteiger partial charge in [-0.3, -0.25) is 4.79 Å². The molecule has 152 valence electrons. The Bertz CT molecular complexity index is 953. The molecule has 1 fully saturated rings. The van der Waals surface area contributed by atoms with Gasteiger partial charge in [-0.05, 0) is 43.0 Å². The van der Waals surface area contributed by atoms with Crippen LogP contribution in [0, 0.1) is 5.41 Å². The Morgan fingerprint density at radius 1 is 1.14 bits per heavy atom. The van der Waals surface area contributed by atoms with Crippen molar-refractivity contribution >= 4 is 16.8 Å². The van der Waals surface area contributed by atoms with Crippen molar-refractivity contribution in [3.63, 3.8) is 0 Å². The van der Waals surface area contributed by atoms with Crippen LogP contribution < -0.4 is 4.74 Å². The minimum absolute atomic E-state index is 0.0714. The number of amides is 1. The molecule has 1 aliphatic rings. The van der Waals surface area contributed by atoms with Crippen LogP contribution in [0.25, 0.3) is 10.9 Å². The standard InChI is InChI=1S/C24H28N2O3/c27-18-24(12-14-29-20-7-2-1-3-8-20)11-6-13-26(17-24)23(28)15-19-16-25-22-10-5-4-9-21(19)22/h1-5,7-10,16,25,27H,6,11-15,17-18H2/t24-/m0/s1. The van der Waals surface area contributed by atoms with Gasteiger partial charge >= 0.3 is 0 Å². The third-order valence-electron chi connectivity index (χ3n) is 6.01. The lowest BCUT2D eigenvalue weighted by Gasteiger charge is -2.42. The number of piperidine rings is 1. The molecule has 1 aliphatic heterocycles. The molecule has 29 heavy (non-hydrogen) atoms. The zero-order valence-electron chi connectivity index (χ0n) is 16.6. The number of H-pyrrole nitrogens is 1. The average Bonchev–Trinajstić information content (AvgIpc) is 3.17. The van der Waals surface area contributed by atoms with E-state index in [0.29, 0.717) is 19.6 Å². The molecule has 5 heteroatoms. The van der Waals surface area contributed by atoms with Crippen LogP contribution in [-0.4, -0.2) is 47.2 Å². The summed E-state index contributed by atoms with van der Waals surface area (Å²) in [6.45, 7) is 1.95. The summed E-state index contributed by atoms with van der Waals surface area (Å²) < 4.78 is 5.85. The lowest BCUT2D eigenvalue weighted by atomic mass is 9.78. The Morgan fingerprint density at radius 2 is 1.93 bits per heavy atom. The molecule has 1 aromatic heterocycles. The van der Waals surface area contributed by atoms with Gasteiger partial charge in [0.15, 0.2) is 0 Å². The molecule has 0 unspecified atom stereocenters. The zero-order chi connectivity index (χ0) is 20.1. The molecule has 0 radical (unpaired) electrons. The number of aromatic amines is 1. The van der Waals surface area contributed by atoms with Crippen LogP contribution in [0.3, 0.4) is 0 Å². The quantitative estimate of drug-likeness (QED) is 0.643. The van der Waals surface area contributed by atoms with Gasteiger partial charge in [0, 0.05) is 35.6 Å². The van der Waals surface area contributed by atoms with Crippen molar-refractivity contribution in [2.75, 3.05) is 26.3 Å². The number of hydrogen-bond acceptors (Lipinski definition) is 3. The first-order valence-electron chi connectivity index (χ1n) is 10.3. The molecule has 1 atom stereocenters. The van der Waals surface area contributed by atoms with Gasteiger partial charge in [-0.25, -0.2) is 0 Å².